The SMILES string of the molecule is C=CCCCO[C@@H]1C(O)O[C@H](CO)[C@@H](O)[C@@H]1O. The molecule has 1 unspecified atom stereocenters. The van der Waals surface area contributed by atoms with Crippen LogP contribution in [0, 0.1) is 0 Å². The van der Waals surface area contributed by atoms with Gasteiger partial charge in [-0.05, 0) is 12.8 Å². The number of unbranched alkanes of at least 4 members (excludes halogenated alkanes) is 1. The summed E-state index contributed by atoms with van der Waals surface area (Å²) in [5.74, 6) is 0. The van der Waals surface area contributed by atoms with Crippen LogP contribution in [-0.4, -0.2) is 64.3 Å². The number of hydrogen-bond acceptors (Lipinski definition) is 6. The van der Waals surface area contributed by atoms with Gasteiger partial charge in [0.15, 0.2) is 6.29 Å². The third-order valence-corrected chi connectivity index (χ3v) is 2.71. The lowest BCUT2D eigenvalue weighted by molar-refractivity contribution is -0.296. The summed E-state index contributed by atoms with van der Waals surface area (Å²) in [5, 5.41) is 37.7. The van der Waals surface area contributed by atoms with E-state index in [4.69, 9.17) is 14.6 Å². The van der Waals surface area contributed by atoms with Gasteiger partial charge in [-0.25, -0.2) is 0 Å². The summed E-state index contributed by atoms with van der Waals surface area (Å²) in [7, 11) is 0. The fraction of sp³-hybridized carbons (Fsp3) is 0.818. The van der Waals surface area contributed by atoms with Crippen molar-refractivity contribution in [3.05, 3.63) is 12.7 Å². The average molecular weight is 248 g/mol. The molecule has 4 N–H and O–H groups in total. The van der Waals surface area contributed by atoms with Crippen LogP contribution < -0.4 is 0 Å². The molecule has 1 aliphatic rings. The van der Waals surface area contributed by atoms with E-state index in [1.807, 2.05) is 0 Å². The van der Waals surface area contributed by atoms with Crippen LogP contribution in [0.25, 0.3) is 0 Å². The number of hydrogen-bond donors (Lipinski definition) is 4. The Hall–Kier alpha value is -0.500. The highest BCUT2D eigenvalue weighted by molar-refractivity contribution is 4.89. The minimum absolute atomic E-state index is 0.324. The summed E-state index contributed by atoms with van der Waals surface area (Å²) in [6.07, 6.45) is -2.68. The van der Waals surface area contributed by atoms with Gasteiger partial charge in [-0.3, -0.25) is 0 Å². The Labute approximate surface area is 100 Å². The summed E-state index contributed by atoms with van der Waals surface area (Å²) in [6.45, 7) is 3.41. The second-order valence-electron chi connectivity index (χ2n) is 4.00. The molecule has 0 spiro atoms. The van der Waals surface area contributed by atoms with Crippen molar-refractivity contribution in [2.45, 2.75) is 43.5 Å². The number of allylic oxidation sites excluding steroid dienone is 1. The second kappa shape index (κ2) is 7.05. The van der Waals surface area contributed by atoms with Crippen LogP contribution in [0.2, 0.25) is 0 Å². The van der Waals surface area contributed by atoms with E-state index in [0.29, 0.717) is 13.0 Å². The molecule has 0 radical (unpaired) electrons. The molecule has 17 heavy (non-hydrogen) atoms. The smallest absolute Gasteiger partial charge is 0.184 e. The topological polar surface area (TPSA) is 99.4 Å². The predicted molar refractivity (Wildman–Crippen MR) is 59.2 cm³/mol. The fourth-order valence-electron chi connectivity index (χ4n) is 1.70. The van der Waals surface area contributed by atoms with Crippen molar-refractivity contribution in [2.75, 3.05) is 13.2 Å². The molecule has 6 nitrogen and oxygen atoms in total. The maximum Gasteiger partial charge on any atom is 0.184 e. The van der Waals surface area contributed by atoms with Crippen molar-refractivity contribution in [3.8, 4) is 0 Å². The van der Waals surface area contributed by atoms with Crippen molar-refractivity contribution >= 4 is 0 Å². The van der Waals surface area contributed by atoms with Crippen molar-refractivity contribution in [2.24, 2.45) is 0 Å². The molecule has 0 amide bonds. The van der Waals surface area contributed by atoms with E-state index >= 15 is 0 Å². The molecule has 0 aromatic rings. The molecule has 1 fully saturated rings. The van der Waals surface area contributed by atoms with Crippen molar-refractivity contribution < 1.29 is 29.9 Å². The summed E-state index contributed by atoms with van der Waals surface area (Å²) in [5.41, 5.74) is 0. The minimum Gasteiger partial charge on any atom is -0.394 e. The Morgan fingerprint density at radius 2 is 1.94 bits per heavy atom. The normalized spacial score (nSPS) is 38.0. The van der Waals surface area contributed by atoms with Crippen molar-refractivity contribution in [3.63, 3.8) is 0 Å². The summed E-state index contributed by atoms with van der Waals surface area (Å²) >= 11 is 0. The van der Waals surface area contributed by atoms with Gasteiger partial charge in [-0.2, -0.15) is 0 Å². The molecule has 0 aliphatic carbocycles. The molecule has 0 bridgehead atoms. The molecule has 0 aromatic heterocycles. The van der Waals surface area contributed by atoms with E-state index in [1.54, 1.807) is 6.08 Å². The van der Waals surface area contributed by atoms with Crippen LogP contribution in [-0.2, 0) is 9.47 Å². The maximum atomic E-state index is 9.72. The van der Waals surface area contributed by atoms with Gasteiger partial charge < -0.3 is 29.9 Å². The van der Waals surface area contributed by atoms with Crippen LogP contribution in [0.15, 0.2) is 12.7 Å². The zero-order chi connectivity index (χ0) is 12.8. The highest BCUT2D eigenvalue weighted by atomic mass is 16.7. The Morgan fingerprint density at radius 3 is 2.53 bits per heavy atom. The summed E-state index contributed by atoms with van der Waals surface area (Å²) in [4.78, 5) is 0. The molecule has 1 rings (SSSR count). The second-order valence-corrected chi connectivity index (χ2v) is 4.00. The van der Waals surface area contributed by atoms with E-state index in [2.05, 4.69) is 6.58 Å². The number of aliphatic hydroxyl groups is 4. The van der Waals surface area contributed by atoms with Crippen LogP contribution in [0.5, 0.6) is 0 Å². The van der Waals surface area contributed by atoms with Gasteiger partial charge in [0.05, 0.1) is 6.61 Å². The van der Waals surface area contributed by atoms with Crippen molar-refractivity contribution in [1.29, 1.82) is 0 Å². The van der Waals surface area contributed by atoms with E-state index in [1.165, 1.54) is 0 Å². The minimum atomic E-state index is -1.35. The molecule has 1 saturated heterocycles. The van der Waals surface area contributed by atoms with Crippen molar-refractivity contribution in [1.82, 2.24) is 0 Å². The van der Waals surface area contributed by atoms with Gasteiger partial charge in [0.2, 0.25) is 0 Å². The largest absolute Gasteiger partial charge is 0.394 e. The van der Waals surface area contributed by atoms with Crippen LogP contribution in [0.4, 0.5) is 0 Å². The Morgan fingerprint density at radius 1 is 1.24 bits per heavy atom. The Bertz CT molecular complexity index is 234. The summed E-state index contributed by atoms with van der Waals surface area (Å²) < 4.78 is 10.2. The van der Waals surface area contributed by atoms with Gasteiger partial charge >= 0.3 is 0 Å². The molecule has 0 saturated carbocycles. The van der Waals surface area contributed by atoms with Gasteiger partial charge in [-0.15, -0.1) is 6.58 Å². The van der Waals surface area contributed by atoms with E-state index in [-0.39, 0.29) is 0 Å². The lowest BCUT2D eigenvalue weighted by Gasteiger charge is -2.39. The summed E-state index contributed by atoms with van der Waals surface area (Å²) in [6, 6.07) is 0. The zero-order valence-electron chi connectivity index (χ0n) is 9.60. The number of aliphatic hydroxyl groups excluding tert-OH is 4. The fourth-order valence-corrected chi connectivity index (χ4v) is 1.70. The van der Waals surface area contributed by atoms with E-state index < -0.39 is 37.3 Å². The van der Waals surface area contributed by atoms with Gasteiger partial charge in [-0.1, -0.05) is 6.08 Å². The molecule has 6 heteroatoms. The van der Waals surface area contributed by atoms with Gasteiger partial charge in [0.25, 0.3) is 0 Å². The first-order chi connectivity index (χ1) is 8.11. The molecule has 5 atom stereocenters. The standard InChI is InChI=1S/C11H20O6/c1-2-3-4-5-16-10-9(14)8(13)7(6-12)17-11(10)15/h2,7-15H,1,3-6H2/t7-,8-,9+,10+,11?/m1/s1. The number of ether oxygens (including phenoxy) is 2. The third-order valence-electron chi connectivity index (χ3n) is 2.71. The molecular weight excluding hydrogens is 228 g/mol. The lowest BCUT2D eigenvalue weighted by atomic mass is 9.99. The molecule has 1 heterocycles. The predicted octanol–water partition coefficient (Wildman–Crippen LogP) is -1.23. The monoisotopic (exact) mass is 248 g/mol. The van der Waals surface area contributed by atoms with E-state index in [0.717, 1.165) is 6.42 Å². The zero-order valence-corrected chi connectivity index (χ0v) is 9.60. The molecular formula is C11H20O6. The maximum absolute atomic E-state index is 9.72. The first kappa shape index (κ1) is 14.6. The quantitative estimate of drug-likeness (QED) is 0.347. The van der Waals surface area contributed by atoms with Crippen LogP contribution in [0.3, 0.4) is 0 Å². The number of rotatable bonds is 6. The van der Waals surface area contributed by atoms with E-state index in [9.17, 15) is 15.3 Å². The highest BCUT2D eigenvalue weighted by Crippen LogP contribution is 2.22. The molecule has 1 aliphatic heterocycles. The average Bonchev–Trinajstić information content (AvgIpc) is 2.32. The first-order valence-corrected chi connectivity index (χ1v) is 5.64. The third kappa shape index (κ3) is 3.74. The molecule has 0 aromatic carbocycles. The Balaban J connectivity index is 2.45. The van der Waals surface area contributed by atoms with Crippen LogP contribution in [0.1, 0.15) is 12.8 Å². The molecule has 100 valence electrons. The van der Waals surface area contributed by atoms with Crippen LogP contribution >= 0.6 is 0 Å². The highest BCUT2D eigenvalue weighted by Gasteiger charge is 2.44. The van der Waals surface area contributed by atoms with Gasteiger partial charge in [0.1, 0.15) is 24.4 Å². The van der Waals surface area contributed by atoms with Gasteiger partial charge in [0, 0.05) is 6.61 Å². The lowest BCUT2D eigenvalue weighted by Crippen LogP contribution is -2.59. The first-order valence-electron chi connectivity index (χ1n) is 5.64. The Kier molecular flexibility index (Phi) is 6.04.